The van der Waals surface area contributed by atoms with E-state index >= 15 is 0 Å². The lowest BCUT2D eigenvalue weighted by Crippen LogP contribution is -2.43. The third kappa shape index (κ3) is 5.09. The number of non-ortho nitro benzene ring substituents is 1. The summed E-state index contributed by atoms with van der Waals surface area (Å²) in [5.41, 5.74) is 4.11. The van der Waals surface area contributed by atoms with E-state index in [2.05, 4.69) is 0 Å². The Bertz CT molecular complexity index is 1160. The first-order valence-corrected chi connectivity index (χ1v) is 12.4. The Morgan fingerprint density at radius 3 is 2.21 bits per heavy atom. The van der Waals surface area contributed by atoms with Crippen LogP contribution in [-0.2, 0) is 21.4 Å². The largest absolute Gasteiger partial charge is 0.341 e. The van der Waals surface area contributed by atoms with Gasteiger partial charge in [0.15, 0.2) is 0 Å². The van der Waals surface area contributed by atoms with Crippen LogP contribution >= 0.6 is 0 Å². The average Bonchev–Trinajstić information content (AvgIpc) is 2.77. The molecule has 178 valence electrons. The Labute approximate surface area is 195 Å². The van der Waals surface area contributed by atoms with Crippen LogP contribution in [0.5, 0.6) is 0 Å². The lowest BCUT2D eigenvalue weighted by molar-refractivity contribution is -0.384. The Balaban J connectivity index is 1.69. The lowest BCUT2D eigenvalue weighted by atomic mass is 9.96. The first-order chi connectivity index (χ1) is 15.4. The van der Waals surface area contributed by atoms with Crippen molar-refractivity contribution in [2.24, 2.45) is 5.92 Å². The van der Waals surface area contributed by atoms with Crippen LogP contribution in [-0.4, -0.2) is 48.6 Å². The number of nitrogens with zero attached hydrogens (tertiary/aromatic N) is 3. The summed E-state index contributed by atoms with van der Waals surface area (Å²) in [6.07, 6.45) is 0.889. The van der Waals surface area contributed by atoms with Gasteiger partial charge in [-0.05, 0) is 68.4 Å². The van der Waals surface area contributed by atoms with Gasteiger partial charge >= 0.3 is 0 Å². The van der Waals surface area contributed by atoms with Gasteiger partial charge in [-0.3, -0.25) is 14.9 Å². The monoisotopic (exact) mass is 473 g/mol. The lowest BCUT2D eigenvalue weighted by Gasteiger charge is -2.33. The molecule has 1 aliphatic heterocycles. The molecule has 0 aliphatic carbocycles. The fraction of sp³-hybridized carbons (Fsp3) is 0.458. The van der Waals surface area contributed by atoms with E-state index < -0.39 is 14.9 Å². The Morgan fingerprint density at radius 1 is 1.09 bits per heavy atom. The standard InChI is InChI=1S/C24H31N3O5S/c1-16-13-17(2)19(4)23(18(16)3)33(31,32)26-11-9-21(10-12-26)24(28)25(5)15-20-7-6-8-22(14-20)27(29)30/h6-8,13-14,21H,9-12,15H2,1-5H3. The maximum atomic E-state index is 13.4. The summed E-state index contributed by atoms with van der Waals surface area (Å²) >= 11 is 0. The predicted molar refractivity (Wildman–Crippen MR) is 126 cm³/mol. The fourth-order valence-corrected chi connectivity index (χ4v) is 6.52. The van der Waals surface area contributed by atoms with Gasteiger partial charge in [0, 0.05) is 44.7 Å². The molecule has 2 aromatic rings. The average molecular weight is 474 g/mol. The second-order valence-electron chi connectivity index (χ2n) is 8.89. The summed E-state index contributed by atoms with van der Waals surface area (Å²) < 4.78 is 28.4. The van der Waals surface area contributed by atoms with Crippen molar-refractivity contribution in [3.63, 3.8) is 0 Å². The molecule has 0 spiro atoms. The van der Waals surface area contributed by atoms with Crippen molar-refractivity contribution in [3.05, 3.63) is 68.3 Å². The summed E-state index contributed by atoms with van der Waals surface area (Å²) in [7, 11) is -1.98. The zero-order chi connectivity index (χ0) is 24.5. The van der Waals surface area contributed by atoms with E-state index in [0.29, 0.717) is 23.3 Å². The summed E-state index contributed by atoms with van der Waals surface area (Å²) in [5, 5.41) is 11.0. The highest BCUT2D eigenvalue weighted by molar-refractivity contribution is 7.89. The SMILES string of the molecule is Cc1cc(C)c(C)c(S(=O)(=O)N2CCC(C(=O)N(C)Cc3cccc([N+](=O)[O-])c3)CC2)c1C. The van der Waals surface area contributed by atoms with Gasteiger partial charge in [0.05, 0.1) is 9.82 Å². The van der Waals surface area contributed by atoms with E-state index in [1.807, 2.05) is 33.8 Å². The highest BCUT2D eigenvalue weighted by Gasteiger charge is 2.35. The molecule has 1 fully saturated rings. The Morgan fingerprint density at radius 2 is 1.67 bits per heavy atom. The molecule has 1 amide bonds. The van der Waals surface area contributed by atoms with E-state index in [-0.39, 0.29) is 37.1 Å². The quantitative estimate of drug-likeness (QED) is 0.468. The van der Waals surface area contributed by atoms with Gasteiger partial charge in [0.1, 0.15) is 0 Å². The third-order valence-corrected chi connectivity index (χ3v) is 8.79. The van der Waals surface area contributed by atoms with E-state index in [0.717, 1.165) is 22.3 Å². The first-order valence-electron chi connectivity index (χ1n) is 11.0. The maximum Gasteiger partial charge on any atom is 0.269 e. The molecule has 1 saturated heterocycles. The van der Waals surface area contributed by atoms with Gasteiger partial charge in [0.2, 0.25) is 15.9 Å². The fourth-order valence-electron chi connectivity index (χ4n) is 4.47. The first kappa shape index (κ1) is 24.9. The van der Waals surface area contributed by atoms with Crippen LogP contribution in [0, 0.1) is 43.7 Å². The smallest absolute Gasteiger partial charge is 0.269 e. The van der Waals surface area contributed by atoms with Crippen LogP contribution < -0.4 is 0 Å². The molecule has 0 unspecified atom stereocenters. The molecule has 0 atom stereocenters. The molecule has 0 saturated carbocycles. The summed E-state index contributed by atoms with van der Waals surface area (Å²) in [4.78, 5) is 25.4. The topological polar surface area (TPSA) is 101 Å². The number of nitro benzene ring substituents is 1. The molecule has 0 aromatic heterocycles. The van der Waals surface area contributed by atoms with Crippen LogP contribution in [0.25, 0.3) is 0 Å². The van der Waals surface area contributed by atoms with Crippen molar-refractivity contribution in [3.8, 4) is 0 Å². The van der Waals surface area contributed by atoms with Crippen molar-refractivity contribution in [1.29, 1.82) is 0 Å². The summed E-state index contributed by atoms with van der Waals surface area (Å²) in [6.45, 7) is 8.36. The highest BCUT2D eigenvalue weighted by atomic mass is 32.2. The van der Waals surface area contributed by atoms with Gasteiger partial charge in [-0.1, -0.05) is 18.2 Å². The van der Waals surface area contributed by atoms with Gasteiger partial charge in [-0.2, -0.15) is 4.31 Å². The molecular weight excluding hydrogens is 442 g/mol. The molecule has 3 rings (SSSR count). The van der Waals surface area contributed by atoms with Crippen molar-refractivity contribution in [2.45, 2.75) is 52.0 Å². The Hall–Kier alpha value is -2.78. The van der Waals surface area contributed by atoms with Crippen molar-refractivity contribution in [2.75, 3.05) is 20.1 Å². The van der Waals surface area contributed by atoms with Crippen LogP contribution in [0.4, 0.5) is 5.69 Å². The zero-order valence-electron chi connectivity index (χ0n) is 19.8. The minimum atomic E-state index is -3.65. The van der Waals surface area contributed by atoms with Crippen LogP contribution in [0.3, 0.4) is 0 Å². The number of piperidine rings is 1. The minimum absolute atomic E-state index is 0.0103. The number of hydrogen-bond donors (Lipinski definition) is 0. The normalized spacial score (nSPS) is 15.4. The van der Waals surface area contributed by atoms with Gasteiger partial charge < -0.3 is 4.90 Å². The van der Waals surface area contributed by atoms with E-state index in [1.54, 1.807) is 24.1 Å². The Kier molecular flexibility index (Phi) is 7.23. The number of benzene rings is 2. The summed E-state index contributed by atoms with van der Waals surface area (Å²) in [5.74, 6) is -0.348. The molecular formula is C24H31N3O5S. The number of sulfonamides is 1. The maximum absolute atomic E-state index is 13.4. The van der Waals surface area contributed by atoms with Crippen LogP contribution in [0.1, 0.15) is 40.7 Å². The summed E-state index contributed by atoms with van der Waals surface area (Å²) in [6, 6.07) is 8.24. The third-order valence-electron chi connectivity index (χ3n) is 6.62. The molecule has 9 heteroatoms. The molecule has 0 radical (unpaired) electrons. The van der Waals surface area contributed by atoms with Crippen molar-refractivity contribution >= 4 is 21.6 Å². The number of aryl methyl sites for hydroxylation is 2. The van der Waals surface area contributed by atoms with Gasteiger partial charge in [-0.15, -0.1) is 0 Å². The van der Waals surface area contributed by atoms with E-state index in [4.69, 9.17) is 0 Å². The molecule has 2 aromatic carbocycles. The van der Waals surface area contributed by atoms with Crippen LogP contribution in [0.15, 0.2) is 35.2 Å². The van der Waals surface area contributed by atoms with Gasteiger partial charge in [-0.25, -0.2) is 8.42 Å². The number of carbonyl (C=O) groups is 1. The molecule has 1 aliphatic rings. The molecule has 0 bridgehead atoms. The molecule has 0 N–H and O–H groups in total. The van der Waals surface area contributed by atoms with Crippen LogP contribution in [0.2, 0.25) is 0 Å². The second kappa shape index (κ2) is 9.61. The number of rotatable bonds is 6. The van der Waals surface area contributed by atoms with Crippen molar-refractivity contribution < 1.29 is 18.1 Å². The molecule has 8 nitrogen and oxygen atoms in total. The number of carbonyl (C=O) groups excluding carboxylic acids is 1. The number of hydrogen-bond acceptors (Lipinski definition) is 5. The minimum Gasteiger partial charge on any atom is -0.341 e. The number of nitro groups is 1. The predicted octanol–water partition coefficient (Wildman–Crippen LogP) is 3.89. The second-order valence-corrected chi connectivity index (χ2v) is 10.8. The number of amides is 1. The van der Waals surface area contributed by atoms with E-state index in [1.165, 1.54) is 16.4 Å². The highest BCUT2D eigenvalue weighted by Crippen LogP contribution is 2.31. The zero-order valence-corrected chi connectivity index (χ0v) is 20.6. The molecule has 33 heavy (non-hydrogen) atoms. The molecule has 1 heterocycles. The van der Waals surface area contributed by atoms with Gasteiger partial charge in [0.25, 0.3) is 5.69 Å². The van der Waals surface area contributed by atoms with Crippen molar-refractivity contribution in [1.82, 2.24) is 9.21 Å². The van der Waals surface area contributed by atoms with E-state index in [9.17, 15) is 23.3 Å².